The Balaban J connectivity index is 1.35. The van der Waals surface area contributed by atoms with Gasteiger partial charge in [-0.05, 0) is 55.0 Å². The van der Waals surface area contributed by atoms with Gasteiger partial charge in [-0.2, -0.15) is 0 Å². The van der Waals surface area contributed by atoms with Gasteiger partial charge in [0.2, 0.25) is 23.8 Å². The van der Waals surface area contributed by atoms with Gasteiger partial charge >= 0.3 is 5.97 Å². The minimum atomic E-state index is -1.68. The second kappa shape index (κ2) is 14.6. The van der Waals surface area contributed by atoms with E-state index in [1.807, 2.05) is 0 Å². The van der Waals surface area contributed by atoms with Crippen LogP contribution in [0.5, 0.6) is 28.7 Å². The monoisotopic (exact) mass is 710 g/mol. The van der Waals surface area contributed by atoms with Crippen molar-refractivity contribution in [2.75, 3.05) is 6.61 Å². The molecule has 2 saturated heterocycles. The van der Waals surface area contributed by atoms with Crippen LogP contribution in [0.25, 0.3) is 28.4 Å². The van der Waals surface area contributed by atoms with E-state index < -0.39 is 90.2 Å². The highest BCUT2D eigenvalue weighted by molar-refractivity contribution is 5.89. The SMILES string of the molecule is C[C@@H]1O[C@@H](Oc2cc(O)c3c(=O)c(O[C@@H]4O[C@@H](CO)[C@H](O)[C@H]4OC(=O)/C=C/c4ccc(O)cc4)c(-c4ccc(O)cc4)oc3c2)[C@@H](O)[C@H](O)[C@H]1O. The lowest BCUT2D eigenvalue weighted by atomic mass is 10.00. The Morgan fingerprint density at radius 2 is 1.49 bits per heavy atom. The predicted molar refractivity (Wildman–Crippen MR) is 174 cm³/mol. The standard InChI is InChI=1S/C35H34O16/c1-15-26(41)29(44)30(45)34(46-15)47-20-12-21(39)25-22(13-20)48-31(17-5-9-19(38)10-6-17)32(28(25)43)51-35-33(27(42)23(14-36)49-35)50-24(40)11-4-16-2-7-18(37)8-3-16/h2-13,15,23,26-27,29-30,33-39,41-42,44-45H,14H2,1H3/b11-4+/t15-,23-,26-,27-,29+,30-,33+,34-,35-/m0/s1. The van der Waals surface area contributed by atoms with Crippen LogP contribution in [0.15, 0.2) is 76.0 Å². The quantitative estimate of drug-likeness (QED) is 0.0886. The van der Waals surface area contributed by atoms with E-state index in [-0.39, 0.29) is 34.2 Å². The normalized spacial score (nSPS) is 27.8. The van der Waals surface area contributed by atoms with Gasteiger partial charge in [0.05, 0.1) is 12.7 Å². The summed E-state index contributed by atoms with van der Waals surface area (Å²) in [4.78, 5) is 26.8. The number of aromatic hydroxyl groups is 3. The number of rotatable bonds is 9. The van der Waals surface area contributed by atoms with E-state index >= 15 is 0 Å². The topological polar surface area (TPSA) is 255 Å². The number of aliphatic hydroxyl groups excluding tert-OH is 5. The molecule has 51 heavy (non-hydrogen) atoms. The Morgan fingerprint density at radius 1 is 0.824 bits per heavy atom. The summed E-state index contributed by atoms with van der Waals surface area (Å²) in [7, 11) is 0. The number of carbonyl (C=O) groups is 1. The third-order valence-corrected chi connectivity index (χ3v) is 8.36. The summed E-state index contributed by atoms with van der Waals surface area (Å²) in [5.41, 5.74) is -0.463. The van der Waals surface area contributed by atoms with E-state index in [0.29, 0.717) is 5.56 Å². The molecule has 0 amide bonds. The largest absolute Gasteiger partial charge is 0.508 e. The fraction of sp³-hybridized carbons (Fsp3) is 0.314. The molecule has 16 heteroatoms. The minimum absolute atomic E-state index is 0.0220. The third kappa shape index (κ3) is 7.33. The molecular formula is C35H34O16. The molecule has 0 saturated carbocycles. The number of benzene rings is 3. The zero-order chi connectivity index (χ0) is 36.6. The summed E-state index contributed by atoms with van der Waals surface area (Å²) >= 11 is 0. The summed E-state index contributed by atoms with van der Waals surface area (Å²) in [6, 6.07) is 13.5. The molecule has 2 aliphatic heterocycles. The highest BCUT2D eigenvalue weighted by Gasteiger charge is 2.48. The smallest absolute Gasteiger partial charge is 0.331 e. The molecular weight excluding hydrogens is 676 g/mol. The molecule has 3 heterocycles. The first kappa shape index (κ1) is 35.6. The highest BCUT2D eigenvalue weighted by atomic mass is 16.7. The van der Waals surface area contributed by atoms with Crippen LogP contribution in [0.2, 0.25) is 0 Å². The van der Waals surface area contributed by atoms with E-state index in [4.69, 9.17) is 28.1 Å². The lowest BCUT2D eigenvalue weighted by Crippen LogP contribution is -2.58. The fourth-order valence-corrected chi connectivity index (χ4v) is 5.59. The maximum absolute atomic E-state index is 14.1. The maximum atomic E-state index is 14.1. The van der Waals surface area contributed by atoms with E-state index in [9.17, 15) is 50.4 Å². The van der Waals surface area contributed by atoms with Crippen LogP contribution < -0.4 is 14.9 Å². The number of phenols is 3. The summed E-state index contributed by atoms with van der Waals surface area (Å²) < 4.78 is 34.2. The first-order valence-corrected chi connectivity index (χ1v) is 15.6. The molecule has 3 aromatic carbocycles. The van der Waals surface area contributed by atoms with Gasteiger partial charge in [0.25, 0.3) is 0 Å². The molecule has 270 valence electrons. The molecule has 0 bridgehead atoms. The van der Waals surface area contributed by atoms with Crippen LogP contribution in [0.1, 0.15) is 12.5 Å². The lowest BCUT2D eigenvalue weighted by Gasteiger charge is -2.38. The number of phenolic OH excluding ortho intramolecular Hbond substituents is 3. The molecule has 6 rings (SSSR count). The van der Waals surface area contributed by atoms with Crippen LogP contribution in [0, 0.1) is 0 Å². The van der Waals surface area contributed by atoms with Crippen molar-refractivity contribution in [3.8, 4) is 40.1 Å². The van der Waals surface area contributed by atoms with Crippen molar-refractivity contribution >= 4 is 23.0 Å². The van der Waals surface area contributed by atoms with Gasteiger partial charge in [-0.25, -0.2) is 4.79 Å². The van der Waals surface area contributed by atoms with Gasteiger partial charge < -0.3 is 69.0 Å². The number of esters is 1. The highest BCUT2D eigenvalue weighted by Crippen LogP contribution is 2.39. The minimum Gasteiger partial charge on any atom is -0.508 e. The Hall–Kier alpha value is -5.20. The summed E-state index contributed by atoms with van der Waals surface area (Å²) in [5, 5.41) is 81.2. The van der Waals surface area contributed by atoms with Crippen molar-refractivity contribution in [2.45, 2.75) is 62.2 Å². The average molecular weight is 711 g/mol. The van der Waals surface area contributed by atoms with Gasteiger partial charge in [0.1, 0.15) is 64.5 Å². The van der Waals surface area contributed by atoms with Gasteiger partial charge in [-0.1, -0.05) is 12.1 Å². The van der Waals surface area contributed by atoms with Crippen LogP contribution >= 0.6 is 0 Å². The molecule has 2 fully saturated rings. The number of fused-ring (bicyclic) bond motifs is 1. The van der Waals surface area contributed by atoms with Crippen LogP contribution in [0.4, 0.5) is 0 Å². The zero-order valence-corrected chi connectivity index (χ0v) is 26.7. The Kier molecular flexibility index (Phi) is 10.2. The molecule has 0 unspecified atom stereocenters. The molecule has 0 spiro atoms. The Bertz CT molecular complexity index is 1960. The number of hydrogen-bond donors (Lipinski definition) is 8. The molecule has 0 radical (unpaired) electrons. The third-order valence-electron chi connectivity index (χ3n) is 8.36. The van der Waals surface area contributed by atoms with Crippen molar-refractivity contribution in [3.63, 3.8) is 0 Å². The van der Waals surface area contributed by atoms with Crippen LogP contribution in [-0.4, -0.2) is 109 Å². The second-order valence-electron chi connectivity index (χ2n) is 11.9. The summed E-state index contributed by atoms with van der Waals surface area (Å²) in [5.74, 6) is -2.69. The van der Waals surface area contributed by atoms with Gasteiger partial charge in [-0.15, -0.1) is 0 Å². The van der Waals surface area contributed by atoms with Crippen molar-refractivity contribution in [1.82, 2.24) is 0 Å². The van der Waals surface area contributed by atoms with Gasteiger partial charge in [-0.3, -0.25) is 4.79 Å². The van der Waals surface area contributed by atoms with Crippen molar-refractivity contribution in [2.24, 2.45) is 0 Å². The molecule has 1 aromatic heterocycles. The Labute approximate surface area is 288 Å². The number of hydrogen-bond acceptors (Lipinski definition) is 16. The number of aliphatic hydroxyl groups is 5. The second-order valence-corrected chi connectivity index (χ2v) is 11.9. The molecule has 2 aliphatic rings. The fourth-order valence-electron chi connectivity index (χ4n) is 5.59. The van der Waals surface area contributed by atoms with E-state index in [2.05, 4.69) is 0 Å². The molecule has 4 aromatic rings. The van der Waals surface area contributed by atoms with Gasteiger partial charge in [0.15, 0.2) is 11.9 Å². The van der Waals surface area contributed by atoms with Gasteiger partial charge in [0, 0.05) is 23.8 Å². The van der Waals surface area contributed by atoms with Crippen molar-refractivity contribution < 1.29 is 73.7 Å². The first-order valence-electron chi connectivity index (χ1n) is 15.6. The van der Waals surface area contributed by atoms with E-state index in [1.54, 1.807) is 0 Å². The number of carbonyl (C=O) groups excluding carboxylic acids is 1. The van der Waals surface area contributed by atoms with E-state index in [0.717, 1.165) is 12.1 Å². The van der Waals surface area contributed by atoms with Crippen LogP contribution in [-0.2, 0) is 19.0 Å². The van der Waals surface area contributed by atoms with Crippen LogP contribution in [0.3, 0.4) is 0 Å². The number of ether oxygens (including phenoxy) is 5. The van der Waals surface area contributed by atoms with Crippen molar-refractivity contribution in [3.05, 3.63) is 82.5 Å². The van der Waals surface area contributed by atoms with Crippen molar-refractivity contribution in [1.29, 1.82) is 0 Å². The molecule has 8 N–H and O–H groups in total. The summed E-state index contributed by atoms with van der Waals surface area (Å²) in [6.07, 6.45) is -10.8. The lowest BCUT2D eigenvalue weighted by molar-refractivity contribution is -0.268. The molecule has 9 atom stereocenters. The zero-order valence-electron chi connectivity index (χ0n) is 26.7. The molecule has 16 nitrogen and oxygen atoms in total. The first-order chi connectivity index (χ1) is 24.3. The molecule has 0 aliphatic carbocycles. The maximum Gasteiger partial charge on any atom is 0.331 e. The van der Waals surface area contributed by atoms with E-state index in [1.165, 1.54) is 67.6 Å². The average Bonchev–Trinajstić information content (AvgIpc) is 3.40. The Morgan fingerprint density at radius 3 is 2.16 bits per heavy atom. The summed E-state index contributed by atoms with van der Waals surface area (Å²) in [6.45, 7) is 0.738. The predicted octanol–water partition coefficient (Wildman–Crippen LogP) is 0.865.